The smallest absolute Gasteiger partial charge is 0.305 e. The minimum absolute atomic E-state index is 0.125. The number of nitrogens with zero attached hydrogens (tertiary/aromatic N) is 1. The minimum Gasteiger partial charge on any atom is -0.481 e. The van der Waals surface area contributed by atoms with Crippen LogP contribution in [0.25, 0.3) is 10.8 Å². The van der Waals surface area contributed by atoms with E-state index in [1.54, 1.807) is 0 Å². The van der Waals surface area contributed by atoms with Crippen molar-refractivity contribution >= 4 is 40.1 Å². The Hall–Kier alpha value is -2.79. The number of carboxylic acid groups (broad SMARTS) is 1. The van der Waals surface area contributed by atoms with Gasteiger partial charge in [-0.1, -0.05) is 80.9 Å². The molecule has 0 fully saturated rings. The van der Waals surface area contributed by atoms with Gasteiger partial charge in [0, 0.05) is 12.2 Å². The van der Waals surface area contributed by atoms with E-state index in [1.165, 1.54) is 11.8 Å². The topological polar surface area (TPSA) is 57.6 Å². The van der Waals surface area contributed by atoms with E-state index in [4.69, 9.17) is 0 Å². The van der Waals surface area contributed by atoms with Crippen molar-refractivity contribution in [1.29, 1.82) is 0 Å². The van der Waals surface area contributed by atoms with Crippen LogP contribution in [0, 0.1) is 12.3 Å². The van der Waals surface area contributed by atoms with Crippen molar-refractivity contribution in [2.24, 2.45) is 5.41 Å². The van der Waals surface area contributed by atoms with Crippen LogP contribution in [-0.4, -0.2) is 28.8 Å². The van der Waals surface area contributed by atoms with Gasteiger partial charge in [0.05, 0.1) is 16.9 Å². The van der Waals surface area contributed by atoms with Gasteiger partial charge in [-0.2, -0.15) is 0 Å². The summed E-state index contributed by atoms with van der Waals surface area (Å²) < 4.78 is 0. The van der Waals surface area contributed by atoms with Crippen molar-refractivity contribution in [2.45, 2.75) is 44.6 Å². The highest BCUT2D eigenvalue weighted by Gasteiger charge is 2.39. The first-order valence-electron chi connectivity index (χ1n) is 10.9. The lowest BCUT2D eigenvalue weighted by molar-refractivity contribution is -0.138. The van der Waals surface area contributed by atoms with E-state index in [-0.39, 0.29) is 23.0 Å². The third-order valence-corrected chi connectivity index (χ3v) is 7.17. The highest BCUT2D eigenvalue weighted by molar-refractivity contribution is 8.01. The number of anilines is 1. The summed E-state index contributed by atoms with van der Waals surface area (Å²) >= 11 is 1.47. The third kappa shape index (κ3) is 4.53. The monoisotopic (exact) mass is 447 g/mol. The van der Waals surface area contributed by atoms with Crippen LogP contribution in [0.1, 0.15) is 49.1 Å². The van der Waals surface area contributed by atoms with E-state index in [0.29, 0.717) is 6.54 Å². The number of carboxylic acids is 1. The Morgan fingerprint density at radius 2 is 1.75 bits per heavy atom. The Morgan fingerprint density at radius 1 is 1.03 bits per heavy atom. The Labute approximate surface area is 193 Å². The predicted octanol–water partition coefficient (Wildman–Crippen LogP) is 6.21. The molecule has 0 unspecified atom stereocenters. The van der Waals surface area contributed by atoms with Crippen LogP contribution >= 0.6 is 11.8 Å². The molecule has 1 aliphatic heterocycles. The molecule has 0 radical (unpaired) electrons. The first kappa shape index (κ1) is 22.4. The standard InChI is InChI=1S/C27H29NO3S/c1-17-12-13-22-21(14-17)25(20-11-7-9-18-8-5-6-10-19(18)20)32-23(15-24(29)30)26(31)28(22)16-27(2,3)4/h5-14,23,25H,15-16H2,1-4H3,(H,29,30)/t23-,25-/m1/s1. The molecule has 1 N–H and O–H groups in total. The maximum atomic E-state index is 13.7. The fraction of sp³-hybridized carbons (Fsp3) is 0.333. The van der Waals surface area contributed by atoms with Gasteiger partial charge in [0.25, 0.3) is 0 Å². The van der Waals surface area contributed by atoms with Gasteiger partial charge in [-0.15, -0.1) is 11.8 Å². The van der Waals surface area contributed by atoms with E-state index in [2.05, 4.69) is 58.0 Å². The van der Waals surface area contributed by atoms with Crippen LogP contribution < -0.4 is 4.90 Å². The quantitative estimate of drug-likeness (QED) is 0.517. The van der Waals surface area contributed by atoms with E-state index in [9.17, 15) is 14.7 Å². The summed E-state index contributed by atoms with van der Waals surface area (Å²) in [6, 6.07) is 20.7. The number of carbonyl (C=O) groups is 2. The van der Waals surface area contributed by atoms with Gasteiger partial charge < -0.3 is 10.0 Å². The van der Waals surface area contributed by atoms with Crippen molar-refractivity contribution in [3.05, 3.63) is 77.4 Å². The maximum Gasteiger partial charge on any atom is 0.305 e. The van der Waals surface area contributed by atoms with Gasteiger partial charge in [0.15, 0.2) is 0 Å². The second kappa shape index (κ2) is 8.62. The molecule has 2 atom stereocenters. The minimum atomic E-state index is -0.953. The zero-order valence-electron chi connectivity index (χ0n) is 19.0. The molecule has 3 aromatic carbocycles. The summed E-state index contributed by atoms with van der Waals surface area (Å²) in [7, 11) is 0. The Bertz CT molecular complexity index is 1180. The summed E-state index contributed by atoms with van der Waals surface area (Å²) in [5, 5.41) is 11.1. The van der Waals surface area contributed by atoms with E-state index in [0.717, 1.165) is 33.2 Å². The Kier molecular flexibility index (Phi) is 6.04. The van der Waals surface area contributed by atoms with Gasteiger partial charge in [0.1, 0.15) is 0 Å². The number of aryl methyl sites for hydroxylation is 1. The lowest BCUT2D eigenvalue weighted by Gasteiger charge is -2.31. The number of amides is 1. The van der Waals surface area contributed by atoms with E-state index in [1.807, 2.05) is 35.2 Å². The van der Waals surface area contributed by atoms with Gasteiger partial charge in [-0.25, -0.2) is 0 Å². The van der Waals surface area contributed by atoms with Gasteiger partial charge in [-0.3, -0.25) is 9.59 Å². The highest BCUT2D eigenvalue weighted by atomic mass is 32.2. The first-order chi connectivity index (χ1) is 15.1. The lowest BCUT2D eigenvalue weighted by atomic mass is 9.93. The molecule has 1 amide bonds. The van der Waals surface area contributed by atoms with Crippen LogP contribution in [-0.2, 0) is 9.59 Å². The molecule has 0 saturated carbocycles. The molecule has 0 aliphatic carbocycles. The fourth-order valence-electron chi connectivity index (χ4n) is 4.37. The molecule has 4 rings (SSSR count). The molecule has 4 nitrogen and oxygen atoms in total. The number of hydrogen-bond donors (Lipinski definition) is 1. The molecule has 0 saturated heterocycles. The Balaban J connectivity index is 1.96. The number of fused-ring (bicyclic) bond motifs is 2. The summed E-state index contributed by atoms with van der Waals surface area (Å²) in [5.41, 5.74) is 4.05. The van der Waals surface area contributed by atoms with Crippen molar-refractivity contribution in [2.75, 3.05) is 11.4 Å². The number of carbonyl (C=O) groups excluding carboxylic acids is 1. The van der Waals surface area contributed by atoms with Crippen molar-refractivity contribution in [3.8, 4) is 0 Å². The largest absolute Gasteiger partial charge is 0.481 e. The number of benzene rings is 3. The number of thioether (sulfide) groups is 1. The SMILES string of the molecule is Cc1ccc2c(c1)[C@@H](c1cccc3ccccc13)S[C@H](CC(=O)O)C(=O)N2CC(C)(C)C. The van der Waals surface area contributed by atoms with E-state index >= 15 is 0 Å². The van der Waals surface area contributed by atoms with Crippen LogP contribution in [0.2, 0.25) is 0 Å². The number of hydrogen-bond acceptors (Lipinski definition) is 3. The zero-order chi connectivity index (χ0) is 23.0. The molecular weight excluding hydrogens is 418 g/mol. The van der Waals surface area contributed by atoms with Crippen LogP contribution in [0.5, 0.6) is 0 Å². The van der Waals surface area contributed by atoms with Crippen molar-refractivity contribution in [1.82, 2.24) is 0 Å². The average molecular weight is 448 g/mol. The summed E-state index contributed by atoms with van der Waals surface area (Å²) in [6.45, 7) is 8.88. The fourth-order valence-corrected chi connectivity index (χ4v) is 5.87. The molecule has 32 heavy (non-hydrogen) atoms. The third-order valence-electron chi connectivity index (χ3n) is 5.70. The molecule has 0 spiro atoms. The second-order valence-corrected chi connectivity index (χ2v) is 11.0. The predicted molar refractivity (Wildman–Crippen MR) is 132 cm³/mol. The highest BCUT2D eigenvalue weighted by Crippen LogP contribution is 2.49. The first-order valence-corrected chi connectivity index (χ1v) is 11.9. The summed E-state index contributed by atoms with van der Waals surface area (Å²) in [5.74, 6) is -1.08. The normalized spacial score (nSPS) is 19.0. The van der Waals surface area contributed by atoms with Crippen LogP contribution in [0.4, 0.5) is 5.69 Å². The van der Waals surface area contributed by atoms with E-state index < -0.39 is 11.2 Å². The lowest BCUT2D eigenvalue weighted by Crippen LogP contribution is -2.42. The second-order valence-electron chi connectivity index (χ2n) is 9.72. The van der Waals surface area contributed by atoms with Gasteiger partial charge in [-0.05, 0) is 40.3 Å². The maximum absolute atomic E-state index is 13.7. The van der Waals surface area contributed by atoms with Crippen LogP contribution in [0.3, 0.4) is 0 Å². The summed E-state index contributed by atoms with van der Waals surface area (Å²) in [6.07, 6.45) is -0.196. The molecule has 1 aliphatic rings. The zero-order valence-corrected chi connectivity index (χ0v) is 19.8. The average Bonchev–Trinajstić information content (AvgIpc) is 2.82. The number of rotatable bonds is 4. The molecule has 3 aromatic rings. The molecule has 0 aromatic heterocycles. The Morgan fingerprint density at radius 3 is 2.47 bits per heavy atom. The van der Waals surface area contributed by atoms with Crippen molar-refractivity contribution in [3.63, 3.8) is 0 Å². The van der Waals surface area contributed by atoms with Gasteiger partial charge >= 0.3 is 5.97 Å². The molecule has 0 bridgehead atoms. The molecule has 1 heterocycles. The molecule has 166 valence electrons. The molecular formula is C27H29NO3S. The molecule has 5 heteroatoms. The van der Waals surface area contributed by atoms with Crippen molar-refractivity contribution < 1.29 is 14.7 Å². The summed E-state index contributed by atoms with van der Waals surface area (Å²) in [4.78, 5) is 27.2. The van der Waals surface area contributed by atoms with Crippen LogP contribution in [0.15, 0.2) is 60.7 Å². The van der Waals surface area contributed by atoms with Gasteiger partial charge in [0.2, 0.25) is 5.91 Å². The number of aliphatic carboxylic acids is 1.